The highest BCUT2D eigenvalue weighted by molar-refractivity contribution is 5.97. The number of pyridine rings is 1. The molecule has 0 aromatic carbocycles. The van der Waals surface area contributed by atoms with Crippen LogP contribution in [-0.4, -0.2) is 29.1 Å². The van der Waals surface area contributed by atoms with Crippen molar-refractivity contribution in [1.82, 2.24) is 4.98 Å². The van der Waals surface area contributed by atoms with E-state index in [1.54, 1.807) is 18.3 Å². The molecule has 0 aliphatic rings. The molecule has 0 aliphatic heterocycles. The van der Waals surface area contributed by atoms with E-state index in [9.17, 15) is 4.79 Å². The summed E-state index contributed by atoms with van der Waals surface area (Å²) in [4.78, 5) is 15.2. The van der Waals surface area contributed by atoms with Crippen molar-refractivity contribution in [3.63, 3.8) is 0 Å². The zero-order valence-electron chi connectivity index (χ0n) is 9.31. The molecular weight excluding hydrogens is 206 g/mol. The standard InChI is InChI=1S/C11H17N3O2/c1-8(4-6-15)7-14-11-9(10(12)16)3-2-5-13-11/h2-3,5,8,15H,4,6-7H2,1H3,(H2,12,16)(H,13,14). The van der Waals surface area contributed by atoms with Crippen LogP contribution >= 0.6 is 0 Å². The molecule has 1 unspecified atom stereocenters. The van der Waals surface area contributed by atoms with Gasteiger partial charge < -0.3 is 16.2 Å². The van der Waals surface area contributed by atoms with Crippen LogP contribution in [0, 0.1) is 5.92 Å². The molecule has 1 aromatic heterocycles. The van der Waals surface area contributed by atoms with E-state index in [0.717, 1.165) is 0 Å². The van der Waals surface area contributed by atoms with Gasteiger partial charge in [-0.05, 0) is 24.5 Å². The summed E-state index contributed by atoms with van der Waals surface area (Å²) in [5.41, 5.74) is 5.61. The lowest BCUT2D eigenvalue weighted by Crippen LogP contribution is -2.18. The minimum absolute atomic E-state index is 0.160. The molecule has 5 heteroatoms. The summed E-state index contributed by atoms with van der Waals surface area (Å²) in [7, 11) is 0. The number of hydrogen-bond donors (Lipinski definition) is 3. The van der Waals surface area contributed by atoms with E-state index < -0.39 is 5.91 Å². The van der Waals surface area contributed by atoms with E-state index in [-0.39, 0.29) is 6.61 Å². The second kappa shape index (κ2) is 6.07. The van der Waals surface area contributed by atoms with Crippen LogP contribution in [0.2, 0.25) is 0 Å². The lowest BCUT2D eigenvalue weighted by molar-refractivity contribution is 0.100. The molecule has 0 fully saturated rings. The molecule has 1 aromatic rings. The molecule has 88 valence electrons. The van der Waals surface area contributed by atoms with Gasteiger partial charge in [-0.15, -0.1) is 0 Å². The second-order valence-electron chi connectivity index (χ2n) is 3.76. The second-order valence-corrected chi connectivity index (χ2v) is 3.76. The smallest absolute Gasteiger partial charge is 0.252 e. The van der Waals surface area contributed by atoms with Crippen molar-refractivity contribution < 1.29 is 9.90 Å². The number of anilines is 1. The lowest BCUT2D eigenvalue weighted by atomic mass is 10.1. The number of carbonyl (C=O) groups excluding carboxylic acids is 1. The molecule has 0 radical (unpaired) electrons. The maximum atomic E-state index is 11.1. The number of hydrogen-bond acceptors (Lipinski definition) is 4. The topological polar surface area (TPSA) is 88.2 Å². The normalized spacial score (nSPS) is 12.1. The van der Waals surface area contributed by atoms with E-state index in [4.69, 9.17) is 10.8 Å². The van der Waals surface area contributed by atoms with E-state index in [2.05, 4.69) is 10.3 Å². The molecule has 1 amide bonds. The Morgan fingerprint density at radius 2 is 2.44 bits per heavy atom. The van der Waals surface area contributed by atoms with Gasteiger partial charge in [0.1, 0.15) is 5.82 Å². The molecule has 0 bridgehead atoms. The van der Waals surface area contributed by atoms with Crippen molar-refractivity contribution in [2.75, 3.05) is 18.5 Å². The van der Waals surface area contributed by atoms with Crippen molar-refractivity contribution in [2.24, 2.45) is 11.7 Å². The quantitative estimate of drug-likeness (QED) is 0.659. The first-order valence-electron chi connectivity index (χ1n) is 5.24. The molecule has 1 rings (SSSR count). The molecule has 1 heterocycles. The first-order chi connectivity index (χ1) is 7.65. The average Bonchev–Trinajstić information content (AvgIpc) is 2.27. The Bertz CT molecular complexity index is 355. The molecule has 5 nitrogen and oxygen atoms in total. The molecule has 0 saturated heterocycles. The van der Waals surface area contributed by atoms with Gasteiger partial charge in [-0.3, -0.25) is 4.79 Å². The summed E-state index contributed by atoms with van der Waals surface area (Å²) in [6.07, 6.45) is 2.32. The molecule has 0 aliphatic carbocycles. The number of nitrogens with two attached hydrogens (primary N) is 1. The number of aromatic nitrogens is 1. The van der Waals surface area contributed by atoms with Gasteiger partial charge in [0.2, 0.25) is 0 Å². The van der Waals surface area contributed by atoms with E-state index in [1.165, 1.54) is 0 Å². The van der Waals surface area contributed by atoms with E-state index in [0.29, 0.717) is 30.3 Å². The number of nitrogens with one attached hydrogen (secondary N) is 1. The molecule has 4 N–H and O–H groups in total. The largest absolute Gasteiger partial charge is 0.396 e. The highest BCUT2D eigenvalue weighted by Gasteiger charge is 2.09. The van der Waals surface area contributed by atoms with Gasteiger partial charge >= 0.3 is 0 Å². The predicted octanol–water partition coefficient (Wildman–Crippen LogP) is 0.611. The summed E-state index contributed by atoms with van der Waals surface area (Å²) >= 11 is 0. The number of amides is 1. The van der Waals surface area contributed by atoms with Gasteiger partial charge in [0.05, 0.1) is 5.56 Å². The number of rotatable bonds is 6. The van der Waals surface area contributed by atoms with Crippen LogP contribution in [0.1, 0.15) is 23.7 Å². The Morgan fingerprint density at radius 1 is 1.69 bits per heavy atom. The van der Waals surface area contributed by atoms with Crippen LogP contribution in [0.25, 0.3) is 0 Å². The van der Waals surface area contributed by atoms with E-state index in [1.807, 2.05) is 6.92 Å². The van der Waals surface area contributed by atoms with Gasteiger partial charge in [-0.25, -0.2) is 4.98 Å². The Labute approximate surface area is 94.7 Å². The Hall–Kier alpha value is -1.62. The molecule has 0 spiro atoms. The number of primary amides is 1. The molecule has 16 heavy (non-hydrogen) atoms. The highest BCUT2D eigenvalue weighted by Crippen LogP contribution is 2.11. The van der Waals surface area contributed by atoms with Crippen molar-refractivity contribution in [3.05, 3.63) is 23.9 Å². The fourth-order valence-electron chi connectivity index (χ4n) is 1.34. The lowest BCUT2D eigenvalue weighted by Gasteiger charge is -2.13. The van der Waals surface area contributed by atoms with E-state index >= 15 is 0 Å². The van der Waals surface area contributed by atoms with Gasteiger partial charge in [0.15, 0.2) is 0 Å². The maximum absolute atomic E-state index is 11.1. The van der Waals surface area contributed by atoms with Crippen LogP contribution < -0.4 is 11.1 Å². The van der Waals surface area contributed by atoms with Crippen molar-refractivity contribution in [3.8, 4) is 0 Å². The highest BCUT2D eigenvalue weighted by atomic mass is 16.3. The van der Waals surface area contributed by atoms with Crippen LogP contribution in [0.3, 0.4) is 0 Å². The van der Waals surface area contributed by atoms with Gasteiger partial charge in [0, 0.05) is 19.3 Å². The number of nitrogens with zero attached hydrogens (tertiary/aromatic N) is 1. The summed E-state index contributed by atoms with van der Waals surface area (Å²) in [5, 5.41) is 11.8. The van der Waals surface area contributed by atoms with Gasteiger partial charge in [-0.1, -0.05) is 6.92 Å². The first kappa shape index (κ1) is 12.4. The van der Waals surface area contributed by atoms with Crippen LogP contribution in [0.4, 0.5) is 5.82 Å². The Balaban J connectivity index is 2.63. The summed E-state index contributed by atoms with van der Waals surface area (Å²) in [6.45, 7) is 2.82. The van der Waals surface area contributed by atoms with Gasteiger partial charge in [-0.2, -0.15) is 0 Å². The third-order valence-electron chi connectivity index (χ3n) is 2.31. The molecular formula is C11H17N3O2. The summed E-state index contributed by atoms with van der Waals surface area (Å²) in [5.74, 6) is 0.318. The van der Waals surface area contributed by atoms with Crippen molar-refractivity contribution >= 4 is 11.7 Å². The molecule has 0 saturated carbocycles. The van der Waals surface area contributed by atoms with Crippen LogP contribution in [0.15, 0.2) is 18.3 Å². The summed E-state index contributed by atoms with van der Waals surface area (Å²) in [6, 6.07) is 3.30. The first-order valence-corrected chi connectivity index (χ1v) is 5.24. The minimum Gasteiger partial charge on any atom is -0.396 e. The maximum Gasteiger partial charge on any atom is 0.252 e. The Kier molecular flexibility index (Phi) is 4.72. The third kappa shape index (κ3) is 3.51. The zero-order valence-corrected chi connectivity index (χ0v) is 9.31. The summed E-state index contributed by atoms with van der Waals surface area (Å²) < 4.78 is 0. The van der Waals surface area contributed by atoms with Gasteiger partial charge in [0.25, 0.3) is 5.91 Å². The monoisotopic (exact) mass is 223 g/mol. The number of aliphatic hydroxyl groups excluding tert-OH is 1. The number of carbonyl (C=O) groups is 1. The predicted molar refractivity (Wildman–Crippen MR) is 62.1 cm³/mol. The fourth-order valence-corrected chi connectivity index (χ4v) is 1.34. The minimum atomic E-state index is -0.495. The SMILES string of the molecule is CC(CCO)CNc1ncccc1C(N)=O. The van der Waals surface area contributed by atoms with Crippen molar-refractivity contribution in [2.45, 2.75) is 13.3 Å². The zero-order chi connectivity index (χ0) is 12.0. The molecule has 1 atom stereocenters. The third-order valence-corrected chi connectivity index (χ3v) is 2.31. The van der Waals surface area contributed by atoms with Crippen LogP contribution in [-0.2, 0) is 0 Å². The Morgan fingerprint density at radius 3 is 3.06 bits per heavy atom. The van der Waals surface area contributed by atoms with Crippen LogP contribution in [0.5, 0.6) is 0 Å². The average molecular weight is 223 g/mol. The van der Waals surface area contributed by atoms with Crippen molar-refractivity contribution in [1.29, 1.82) is 0 Å². The fraction of sp³-hybridized carbons (Fsp3) is 0.455. The number of aliphatic hydroxyl groups is 1.